The molecule has 1 atom stereocenters. The molecule has 0 aromatic heterocycles. The van der Waals surface area contributed by atoms with Crippen molar-refractivity contribution in [3.8, 4) is 0 Å². The number of para-hydroxylation sites is 1. The molecule has 0 aliphatic heterocycles. The van der Waals surface area contributed by atoms with Crippen LogP contribution in [0.4, 0.5) is 5.69 Å². The lowest BCUT2D eigenvalue weighted by molar-refractivity contribution is -0.140. The molecule has 0 aliphatic rings. The van der Waals surface area contributed by atoms with Gasteiger partial charge in [-0.3, -0.25) is 13.9 Å². The molecule has 7 nitrogen and oxygen atoms in total. The highest BCUT2D eigenvalue weighted by molar-refractivity contribution is 7.92. The van der Waals surface area contributed by atoms with Crippen LogP contribution >= 0.6 is 0 Å². The third kappa shape index (κ3) is 8.09. The van der Waals surface area contributed by atoms with Gasteiger partial charge in [0.1, 0.15) is 12.6 Å². The van der Waals surface area contributed by atoms with E-state index in [-0.39, 0.29) is 30.8 Å². The van der Waals surface area contributed by atoms with Crippen molar-refractivity contribution >= 4 is 27.5 Å². The number of nitrogens with one attached hydrogen (secondary N) is 1. The molecule has 0 saturated heterocycles. The number of benzene rings is 2. The summed E-state index contributed by atoms with van der Waals surface area (Å²) in [4.78, 5) is 28.3. The van der Waals surface area contributed by atoms with Gasteiger partial charge in [-0.1, -0.05) is 83.1 Å². The SMILES string of the molecule is CC[C@H](C(=O)NCC(C)C)N(Cc1ccccc1)C(=O)CN(c1ccccc1C(C)C)S(C)(=O)=O. The molecule has 0 heterocycles. The van der Waals surface area contributed by atoms with Gasteiger partial charge in [0.15, 0.2) is 0 Å². The van der Waals surface area contributed by atoms with Crippen LogP contribution in [0.15, 0.2) is 54.6 Å². The Balaban J connectivity index is 2.46. The Morgan fingerprint density at radius 3 is 2.09 bits per heavy atom. The van der Waals surface area contributed by atoms with Crippen molar-refractivity contribution in [3.05, 3.63) is 65.7 Å². The quantitative estimate of drug-likeness (QED) is 0.473. The number of nitrogens with zero attached hydrogens (tertiary/aromatic N) is 2. The molecule has 2 aromatic rings. The summed E-state index contributed by atoms with van der Waals surface area (Å²) in [6, 6.07) is 15.9. The molecule has 0 fully saturated rings. The molecule has 2 rings (SSSR count). The summed E-state index contributed by atoms with van der Waals surface area (Å²) in [7, 11) is -3.76. The molecule has 2 aromatic carbocycles. The van der Waals surface area contributed by atoms with Gasteiger partial charge in [0.25, 0.3) is 0 Å². The lowest BCUT2D eigenvalue weighted by Gasteiger charge is -2.33. The first-order chi connectivity index (χ1) is 16.5. The van der Waals surface area contributed by atoms with Crippen LogP contribution in [-0.4, -0.2) is 50.5 Å². The van der Waals surface area contributed by atoms with Crippen LogP contribution in [0.1, 0.15) is 58.1 Å². The number of carbonyl (C=O) groups excluding carboxylic acids is 2. The fourth-order valence-electron chi connectivity index (χ4n) is 3.92. The fourth-order valence-corrected chi connectivity index (χ4v) is 4.79. The average Bonchev–Trinajstić information content (AvgIpc) is 2.80. The fraction of sp³-hybridized carbons (Fsp3) is 0.481. The minimum Gasteiger partial charge on any atom is -0.354 e. The van der Waals surface area contributed by atoms with E-state index >= 15 is 0 Å². The number of sulfonamides is 1. The summed E-state index contributed by atoms with van der Waals surface area (Å²) in [5.74, 6) is -0.331. The minimum atomic E-state index is -3.76. The van der Waals surface area contributed by atoms with E-state index in [4.69, 9.17) is 0 Å². The number of anilines is 1. The molecule has 2 amide bonds. The first-order valence-corrected chi connectivity index (χ1v) is 14.0. The van der Waals surface area contributed by atoms with E-state index in [2.05, 4.69) is 5.32 Å². The highest BCUT2D eigenvalue weighted by Gasteiger charge is 2.32. The summed E-state index contributed by atoms with van der Waals surface area (Å²) in [5.41, 5.74) is 2.18. The first-order valence-electron chi connectivity index (χ1n) is 12.1. The zero-order valence-corrected chi connectivity index (χ0v) is 22.5. The van der Waals surface area contributed by atoms with Gasteiger partial charge < -0.3 is 10.2 Å². The van der Waals surface area contributed by atoms with Crippen LogP contribution in [0.3, 0.4) is 0 Å². The predicted molar refractivity (Wildman–Crippen MR) is 142 cm³/mol. The van der Waals surface area contributed by atoms with Crippen molar-refractivity contribution in [2.75, 3.05) is 23.7 Å². The minimum absolute atomic E-state index is 0.0659. The van der Waals surface area contributed by atoms with E-state index < -0.39 is 22.0 Å². The number of rotatable bonds is 12. The van der Waals surface area contributed by atoms with E-state index in [1.807, 2.05) is 77.1 Å². The summed E-state index contributed by atoms with van der Waals surface area (Å²) in [6.45, 7) is 10.1. The van der Waals surface area contributed by atoms with Crippen molar-refractivity contribution in [3.63, 3.8) is 0 Å². The Bertz CT molecular complexity index is 1080. The van der Waals surface area contributed by atoms with Crippen LogP contribution in [-0.2, 0) is 26.2 Å². The molecule has 0 bridgehead atoms. The average molecular weight is 502 g/mol. The summed E-state index contributed by atoms with van der Waals surface area (Å²) in [6.07, 6.45) is 1.51. The molecule has 0 radical (unpaired) electrons. The smallest absolute Gasteiger partial charge is 0.244 e. The molecular formula is C27H39N3O4S. The largest absolute Gasteiger partial charge is 0.354 e. The summed E-state index contributed by atoms with van der Waals surface area (Å²) in [5, 5.41) is 2.93. The second kappa shape index (κ2) is 12.7. The Morgan fingerprint density at radius 1 is 0.943 bits per heavy atom. The van der Waals surface area contributed by atoms with E-state index in [9.17, 15) is 18.0 Å². The standard InChI is InChI=1S/C27H39N3O4S/c1-7-24(27(32)28-17-20(2)3)29(18-22-13-9-8-10-14-22)26(31)19-30(35(6,33)34)25-16-12-11-15-23(25)21(4)5/h8-16,20-21,24H,7,17-19H2,1-6H3,(H,28,32)/t24-/m1/s1. The molecule has 0 saturated carbocycles. The van der Waals surface area contributed by atoms with Crippen molar-refractivity contribution in [2.45, 2.75) is 59.5 Å². The Kier molecular flexibility index (Phi) is 10.3. The van der Waals surface area contributed by atoms with Gasteiger partial charge in [-0.2, -0.15) is 0 Å². The normalized spacial score (nSPS) is 12.5. The van der Waals surface area contributed by atoms with Crippen molar-refractivity contribution in [1.29, 1.82) is 0 Å². The van der Waals surface area contributed by atoms with Crippen LogP contribution in [0.5, 0.6) is 0 Å². The highest BCUT2D eigenvalue weighted by Crippen LogP contribution is 2.29. The Labute approximate surface area is 210 Å². The van der Waals surface area contributed by atoms with Gasteiger partial charge in [0.05, 0.1) is 11.9 Å². The highest BCUT2D eigenvalue weighted by atomic mass is 32.2. The molecule has 1 N–H and O–H groups in total. The number of carbonyl (C=O) groups is 2. The monoisotopic (exact) mass is 501 g/mol. The number of hydrogen-bond donors (Lipinski definition) is 1. The molecule has 0 spiro atoms. The van der Waals surface area contributed by atoms with Gasteiger partial charge in [0.2, 0.25) is 21.8 Å². The molecule has 35 heavy (non-hydrogen) atoms. The third-order valence-corrected chi connectivity index (χ3v) is 6.90. The maximum Gasteiger partial charge on any atom is 0.244 e. The maximum atomic E-state index is 13.7. The first kappa shape index (κ1) is 28.4. The van der Waals surface area contributed by atoms with Gasteiger partial charge in [0, 0.05) is 13.1 Å². The molecular weight excluding hydrogens is 462 g/mol. The second-order valence-corrected chi connectivity index (χ2v) is 11.5. The molecule has 192 valence electrons. The van der Waals surface area contributed by atoms with Crippen molar-refractivity contribution < 1.29 is 18.0 Å². The molecule has 0 aliphatic carbocycles. The van der Waals surface area contributed by atoms with E-state index in [0.717, 1.165) is 21.7 Å². The maximum absolute atomic E-state index is 13.7. The van der Waals surface area contributed by atoms with Crippen molar-refractivity contribution in [2.24, 2.45) is 5.92 Å². The van der Waals surface area contributed by atoms with Gasteiger partial charge >= 0.3 is 0 Å². The Hall–Kier alpha value is -2.87. The van der Waals surface area contributed by atoms with E-state index in [0.29, 0.717) is 18.7 Å². The van der Waals surface area contributed by atoms with E-state index in [1.54, 1.807) is 12.1 Å². The Morgan fingerprint density at radius 2 is 1.54 bits per heavy atom. The van der Waals surface area contributed by atoms with Gasteiger partial charge in [-0.25, -0.2) is 8.42 Å². The van der Waals surface area contributed by atoms with Gasteiger partial charge in [-0.15, -0.1) is 0 Å². The van der Waals surface area contributed by atoms with E-state index in [1.165, 1.54) is 4.90 Å². The van der Waals surface area contributed by atoms with Crippen LogP contribution in [0, 0.1) is 5.92 Å². The van der Waals surface area contributed by atoms with Crippen LogP contribution < -0.4 is 9.62 Å². The third-order valence-electron chi connectivity index (χ3n) is 5.77. The topological polar surface area (TPSA) is 86.8 Å². The van der Waals surface area contributed by atoms with Crippen LogP contribution in [0.25, 0.3) is 0 Å². The second-order valence-electron chi connectivity index (χ2n) is 9.55. The molecule has 8 heteroatoms. The number of hydrogen-bond acceptors (Lipinski definition) is 4. The molecule has 0 unspecified atom stereocenters. The summed E-state index contributed by atoms with van der Waals surface area (Å²) >= 11 is 0. The lowest BCUT2D eigenvalue weighted by atomic mass is 10.0. The summed E-state index contributed by atoms with van der Waals surface area (Å²) < 4.78 is 26.9. The van der Waals surface area contributed by atoms with Crippen molar-refractivity contribution in [1.82, 2.24) is 10.2 Å². The zero-order valence-electron chi connectivity index (χ0n) is 21.7. The van der Waals surface area contributed by atoms with Gasteiger partial charge in [-0.05, 0) is 35.4 Å². The predicted octanol–water partition coefficient (Wildman–Crippen LogP) is 4.16. The van der Waals surface area contributed by atoms with Crippen LogP contribution in [0.2, 0.25) is 0 Å². The lowest BCUT2D eigenvalue weighted by Crippen LogP contribution is -2.52. The number of amides is 2. The zero-order chi connectivity index (χ0) is 26.2.